The van der Waals surface area contributed by atoms with Crippen LogP contribution in [0.15, 0.2) is 30.3 Å². The number of hydrogen-bond acceptors (Lipinski definition) is 27. The van der Waals surface area contributed by atoms with E-state index in [9.17, 15) is 63.0 Å². The fourth-order valence-electron chi connectivity index (χ4n) is 17.1. The number of hydrogen-bond donors (Lipinski definition) is 24. The number of guanidine groups is 2. The molecule has 47 nitrogen and oxygen atoms in total. The number of primary amides is 1. The van der Waals surface area contributed by atoms with Crippen LogP contribution in [0, 0.1) is 16.7 Å². The summed E-state index contributed by atoms with van der Waals surface area (Å²) < 4.78 is 0. The summed E-state index contributed by atoms with van der Waals surface area (Å²) in [6, 6.07) is -14.7. The number of carboxylic acids is 1. The molecule has 5 saturated heterocycles. The highest BCUT2D eigenvalue weighted by Gasteiger charge is 2.48. The van der Waals surface area contributed by atoms with Crippen molar-refractivity contribution in [3.8, 4) is 0 Å². The maximum absolute atomic E-state index is 15.7. The number of carbonyl (C=O) groups excluding carboxylic acids is 18. The summed E-state index contributed by atoms with van der Waals surface area (Å²) in [4.78, 5) is 281. The molecule has 0 spiro atoms. The van der Waals surface area contributed by atoms with E-state index in [1.807, 2.05) is 6.92 Å². The molecule has 2 unspecified atom stereocenters. The van der Waals surface area contributed by atoms with Crippen LogP contribution in [0.3, 0.4) is 0 Å². The molecule has 1 aromatic carbocycles. The molecule has 5 fully saturated rings. The quantitative estimate of drug-likeness (QED) is 0.0127. The maximum atomic E-state index is 15.7. The average Bonchev–Trinajstić information content (AvgIpc) is 1.64. The van der Waals surface area contributed by atoms with E-state index in [0.29, 0.717) is 44.1 Å². The zero-order valence-corrected chi connectivity index (χ0v) is 83.6. The summed E-state index contributed by atoms with van der Waals surface area (Å²) in [5, 5.41) is 76.6. The first kappa shape index (κ1) is 117. The Morgan fingerprint density at radius 2 is 1.06 bits per heavy atom. The number of rotatable bonds is 42. The van der Waals surface area contributed by atoms with E-state index in [0.717, 1.165) is 21.6 Å². The summed E-state index contributed by atoms with van der Waals surface area (Å²) >= 11 is 1.31. The van der Waals surface area contributed by atoms with E-state index in [1.54, 1.807) is 50.4 Å². The van der Waals surface area contributed by atoms with E-state index >= 15 is 38.4 Å². The Morgan fingerprint density at radius 1 is 0.550 bits per heavy atom. The van der Waals surface area contributed by atoms with Gasteiger partial charge in [-0.3, -0.25) is 102 Å². The molecule has 5 aliphatic rings. The van der Waals surface area contributed by atoms with E-state index in [1.165, 1.54) is 52.1 Å². The minimum atomic E-state index is -1.93. The number of nitrogens with one attached hydrogen (secondary N) is 17. The first-order valence-electron chi connectivity index (χ1n) is 48.2. The number of nitrogens with two attached hydrogens (primary N) is 5. The number of fused-ring (bicyclic) bond motifs is 1. The van der Waals surface area contributed by atoms with Crippen molar-refractivity contribution in [1.82, 2.24) is 99.4 Å². The minimum absolute atomic E-state index is 0.00955. The summed E-state index contributed by atoms with van der Waals surface area (Å²) in [6.45, 7) is 8.47. The van der Waals surface area contributed by atoms with Gasteiger partial charge in [-0.15, -0.1) is 0 Å². The molecule has 0 saturated carbocycles. The van der Waals surface area contributed by atoms with Crippen molar-refractivity contribution < 1.29 is 101 Å². The molecule has 0 bridgehead atoms. The fraction of sp³-hybridized carbons (Fsp3) is 0.700. The maximum Gasteiger partial charge on any atom is 0.303 e. The molecule has 5 aliphatic heterocycles. The van der Waals surface area contributed by atoms with Crippen LogP contribution in [0.25, 0.3) is 0 Å². The topological polar surface area (TPSA) is 736 Å². The van der Waals surface area contributed by atoms with Crippen LogP contribution in [-0.4, -0.2) is 339 Å². The Morgan fingerprint density at radius 3 is 1.62 bits per heavy atom. The van der Waals surface area contributed by atoms with E-state index in [4.69, 9.17) is 39.5 Å². The molecular weight excluding hydrogens is 1880 g/mol. The second-order valence-electron chi connectivity index (χ2n) is 36.5. The lowest BCUT2D eigenvalue weighted by Gasteiger charge is -2.33. The summed E-state index contributed by atoms with van der Waals surface area (Å²) in [5.41, 5.74) is 27.4. The van der Waals surface area contributed by atoms with Crippen LogP contribution in [-0.2, 0) is 97.5 Å². The zero-order chi connectivity index (χ0) is 103. The van der Waals surface area contributed by atoms with Crippen molar-refractivity contribution in [2.24, 2.45) is 34.6 Å². The van der Waals surface area contributed by atoms with Gasteiger partial charge in [0.15, 0.2) is 11.9 Å². The second kappa shape index (κ2) is 60.0. The van der Waals surface area contributed by atoms with Crippen molar-refractivity contribution in [2.45, 2.75) is 311 Å². The van der Waals surface area contributed by atoms with Gasteiger partial charge in [-0.25, -0.2) is 0 Å². The summed E-state index contributed by atoms with van der Waals surface area (Å²) in [7, 11) is 1.91. The van der Waals surface area contributed by atoms with E-state index in [2.05, 4.69) is 79.8 Å². The highest BCUT2D eigenvalue weighted by atomic mass is 33.1. The number of aliphatic hydroxyl groups is 1. The smallest absolute Gasteiger partial charge is 0.303 e. The third-order valence-corrected chi connectivity index (χ3v) is 27.9. The van der Waals surface area contributed by atoms with Crippen LogP contribution in [0.4, 0.5) is 0 Å². The lowest BCUT2D eigenvalue weighted by molar-refractivity contribution is -0.148. The Bertz CT molecular complexity index is 4430. The Balaban J connectivity index is 1.51. The van der Waals surface area contributed by atoms with Gasteiger partial charge in [-0.2, -0.15) is 11.8 Å². The molecule has 50 heteroatoms. The fourth-order valence-corrected chi connectivity index (χ4v) is 19.8. The van der Waals surface area contributed by atoms with E-state index < -0.39 is 251 Å². The van der Waals surface area contributed by atoms with Crippen LogP contribution in [0.1, 0.15) is 208 Å². The molecule has 5 heterocycles. The van der Waals surface area contributed by atoms with Crippen molar-refractivity contribution in [3.63, 3.8) is 0 Å². The molecule has 18 amide bonds. The highest BCUT2D eigenvalue weighted by molar-refractivity contribution is 8.76. The Kier molecular flexibility index (Phi) is 50.3. The van der Waals surface area contributed by atoms with Crippen molar-refractivity contribution >= 4 is 158 Å². The van der Waals surface area contributed by atoms with Crippen LogP contribution < -0.4 is 108 Å². The van der Waals surface area contributed by atoms with Crippen LogP contribution >= 0.6 is 33.3 Å². The third kappa shape index (κ3) is 37.6. The second-order valence-corrected chi connectivity index (χ2v) is 40.1. The molecule has 0 radical (unpaired) electrons. The van der Waals surface area contributed by atoms with Gasteiger partial charge in [0.1, 0.15) is 102 Å². The van der Waals surface area contributed by atoms with Crippen LogP contribution in [0.2, 0.25) is 0 Å². The van der Waals surface area contributed by atoms with Gasteiger partial charge in [0, 0.05) is 70.5 Å². The van der Waals surface area contributed by atoms with Crippen molar-refractivity contribution in [2.75, 3.05) is 82.5 Å². The number of aliphatic hydroxyl groups excluding tert-OH is 1. The van der Waals surface area contributed by atoms with Gasteiger partial charge in [0.05, 0.1) is 6.61 Å². The number of unbranched alkanes of at least 4 members (excludes halogenated alkanes) is 3. The lowest BCUT2D eigenvalue weighted by Crippen LogP contribution is -2.63. The summed E-state index contributed by atoms with van der Waals surface area (Å²) in [6.07, 6.45) is 3.39. The van der Waals surface area contributed by atoms with Gasteiger partial charge < -0.3 is 138 Å². The number of likely N-dealkylation sites (tertiary alicyclic amines) is 3. The molecule has 29 N–H and O–H groups in total. The zero-order valence-electron chi connectivity index (χ0n) is 81.1. The molecular formula is C90H148N26O21S3. The van der Waals surface area contributed by atoms with Gasteiger partial charge in [0.2, 0.25) is 106 Å². The molecule has 1 aromatic rings. The Labute approximate surface area is 828 Å². The SMILES string of the molecule is CCCCC1NC(=O)[C@H](CCCCN)NC(=O)[C@H](CCCNC(=N)N)NC(=O)[C@H](CCCNC(=N)N)NC(=O)[C@@H](NC(=O)[C@H](CCSC)NC(=O)[C@@H]2CCCN2C(=O)[C@@H](NC(C)=O)C(C)C)CCSSCC(C(=O)N[C@@H](CCCCN)C(=O)N2CCC[C@H]2C(=O)N2CCC[C@H]2C(=O)N[C@@H](CCC(=O)O)C(N)=O)NC(=O)[C@H](Cc2ccccc2)NC(=O)[C@H](CO)NC(=O)C(C)(C)NC(=O)[C@@H]2CCCN2C1=O. The number of carboxylic acid groups (broad SMARTS) is 1. The number of nitrogens with zero attached hydrogens (tertiary/aromatic N) is 4. The van der Waals surface area contributed by atoms with Crippen LogP contribution in [0.5, 0.6) is 0 Å². The van der Waals surface area contributed by atoms with Crippen molar-refractivity contribution in [3.05, 3.63) is 35.9 Å². The predicted octanol–water partition coefficient (Wildman–Crippen LogP) is -4.56. The number of benzene rings is 1. The largest absolute Gasteiger partial charge is 0.481 e. The van der Waals surface area contributed by atoms with Gasteiger partial charge >= 0.3 is 5.97 Å². The predicted molar refractivity (Wildman–Crippen MR) is 524 cm³/mol. The van der Waals surface area contributed by atoms with Gasteiger partial charge in [0.25, 0.3) is 0 Å². The molecule has 140 heavy (non-hydrogen) atoms. The highest BCUT2D eigenvalue weighted by Crippen LogP contribution is 2.30. The van der Waals surface area contributed by atoms with Gasteiger partial charge in [-0.1, -0.05) is 85.5 Å². The van der Waals surface area contributed by atoms with Gasteiger partial charge in [-0.05, 0) is 192 Å². The first-order chi connectivity index (χ1) is 66.6. The first-order valence-corrected chi connectivity index (χ1v) is 52.1. The molecule has 782 valence electrons. The molecule has 6 rings (SSSR count). The standard InChI is InChI=1S/C90H148N26O21S3/c1-8-9-25-60-83(133)113-42-21-32-67(113)82(132)112-90(5,6)87(137)111-63(49-117)78(128)109-62(48-53-23-11-10-12-24-53)77(127)110-64(79(129)108-61(27-14-16-39-92)84(134)116-45-22-33-68(116)85(135)114-43-19-30-65(114)80(130)101-54(71(93)121)34-35-69(119)120)50-140-139-47-37-59(105-75(125)58(36-46-138-7)106-81(131)66-31-20-44-115(66)86(136)70(51(2)3)100-52(4)118)76(126)104-57(29-18-41-99-89(96)97)73(123)103-56(28-17-40-98-88(94)95)72(122)102-55(74(124)107-60)26-13-15-38-91/h10-12,23-24,51,54-68,70,117H,8-9,13-22,25-50,91-92H2,1-7H3,(H2,93,121)(H,100,118)(H,101,130)(H,102,122)(H,103,123)(H,104,126)(H,105,125)(H,106,131)(H,107,124)(H,108,129)(H,109,128)(H,110,127)(H,111,137)(H,112,132)(H,119,120)(H4,94,95,98)(H4,96,97,99)/t54-,55-,56-,57-,58-,59-,60?,61-,62-,63-,64?,65-,66-,67-,68-,70-/m0/s1. The van der Waals surface area contributed by atoms with Crippen molar-refractivity contribution in [1.29, 1.82) is 10.8 Å². The summed E-state index contributed by atoms with van der Waals surface area (Å²) in [5.74, 6) is -18.2. The average molecular weight is 2030 g/mol. The normalized spacial score (nSPS) is 23.8. The third-order valence-electron chi connectivity index (χ3n) is 24.8. The minimum Gasteiger partial charge on any atom is -0.481 e. The molecule has 0 aliphatic carbocycles. The monoisotopic (exact) mass is 2030 g/mol. The number of carbonyl (C=O) groups is 19. The molecule has 0 aromatic heterocycles. The lowest BCUT2D eigenvalue weighted by atomic mass is 10.0. The number of amides is 18. The number of aliphatic carboxylic acids is 1. The number of thioether (sulfide) groups is 1. The molecule has 16 atom stereocenters. The Hall–Kier alpha value is -11.4. The van der Waals surface area contributed by atoms with E-state index in [-0.39, 0.29) is 186 Å².